The van der Waals surface area contributed by atoms with E-state index in [-0.39, 0.29) is 12.3 Å². The number of rotatable bonds is 6. The summed E-state index contributed by atoms with van der Waals surface area (Å²) >= 11 is 0. The van der Waals surface area contributed by atoms with Gasteiger partial charge < -0.3 is 15.4 Å². The van der Waals surface area contributed by atoms with Gasteiger partial charge in [0.1, 0.15) is 11.8 Å². The molecule has 0 bridgehead atoms. The normalized spacial score (nSPS) is 9.78. The Bertz CT molecular complexity index is 735. The lowest BCUT2D eigenvalue weighted by Crippen LogP contribution is -2.17. The summed E-state index contributed by atoms with van der Waals surface area (Å²) in [7, 11) is 1.61. The van der Waals surface area contributed by atoms with Gasteiger partial charge in [-0.2, -0.15) is 5.26 Å². The quantitative estimate of drug-likeness (QED) is 0.858. The summed E-state index contributed by atoms with van der Waals surface area (Å²) < 4.78 is 5.28. The lowest BCUT2D eigenvalue weighted by molar-refractivity contribution is -0.115. The molecule has 5 heteroatoms. The molecule has 0 saturated heterocycles. The topological polar surface area (TPSA) is 74.2 Å². The Labute approximate surface area is 135 Å². The number of para-hydroxylation sites is 1. The Balaban J connectivity index is 1.91. The Morgan fingerprint density at radius 1 is 1.22 bits per heavy atom. The first-order valence-electron chi connectivity index (χ1n) is 7.31. The fourth-order valence-electron chi connectivity index (χ4n) is 2.17. The van der Waals surface area contributed by atoms with Gasteiger partial charge in [0.15, 0.2) is 0 Å². The van der Waals surface area contributed by atoms with Crippen LogP contribution in [-0.2, 0) is 4.79 Å². The van der Waals surface area contributed by atoms with Crippen LogP contribution in [0.2, 0.25) is 0 Å². The summed E-state index contributed by atoms with van der Waals surface area (Å²) in [5.74, 6) is 0.595. The van der Waals surface area contributed by atoms with Crippen LogP contribution in [0.15, 0.2) is 42.5 Å². The molecule has 5 nitrogen and oxygen atoms in total. The van der Waals surface area contributed by atoms with E-state index in [0.29, 0.717) is 17.8 Å². The predicted molar refractivity (Wildman–Crippen MR) is 90.6 cm³/mol. The number of nitriles is 1. The van der Waals surface area contributed by atoms with Crippen molar-refractivity contribution in [2.75, 3.05) is 24.3 Å². The summed E-state index contributed by atoms with van der Waals surface area (Å²) in [4.78, 5) is 12.0. The van der Waals surface area contributed by atoms with E-state index in [1.54, 1.807) is 31.4 Å². The van der Waals surface area contributed by atoms with E-state index >= 15 is 0 Å². The zero-order valence-electron chi connectivity index (χ0n) is 13.2. The molecular formula is C18H19N3O2. The first-order chi connectivity index (χ1) is 11.1. The van der Waals surface area contributed by atoms with Crippen LogP contribution >= 0.6 is 0 Å². The van der Waals surface area contributed by atoms with Gasteiger partial charge in [0.2, 0.25) is 5.91 Å². The monoisotopic (exact) mass is 309 g/mol. The molecule has 0 heterocycles. The van der Waals surface area contributed by atoms with E-state index < -0.39 is 0 Å². The van der Waals surface area contributed by atoms with E-state index in [2.05, 4.69) is 16.7 Å². The molecule has 2 N–H and O–H groups in total. The Kier molecular flexibility index (Phi) is 5.59. The maximum absolute atomic E-state index is 12.0. The molecule has 2 rings (SSSR count). The molecule has 0 atom stereocenters. The number of aryl methyl sites for hydroxylation is 1. The fourth-order valence-corrected chi connectivity index (χ4v) is 2.17. The molecule has 0 saturated carbocycles. The molecule has 0 aliphatic heterocycles. The summed E-state index contributed by atoms with van der Waals surface area (Å²) in [6.07, 6.45) is 0.289. The van der Waals surface area contributed by atoms with Crippen molar-refractivity contribution >= 4 is 17.3 Å². The molecule has 0 spiro atoms. The van der Waals surface area contributed by atoms with Gasteiger partial charge in [0, 0.05) is 13.0 Å². The summed E-state index contributed by atoms with van der Waals surface area (Å²) in [5, 5.41) is 15.0. The molecule has 0 radical (unpaired) electrons. The number of nitrogens with zero attached hydrogens (tertiary/aromatic N) is 1. The molecule has 118 valence electrons. The molecule has 0 aromatic heterocycles. The number of anilines is 2. The Morgan fingerprint density at radius 2 is 2.00 bits per heavy atom. The maximum Gasteiger partial charge on any atom is 0.226 e. The van der Waals surface area contributed by atoms with Gasteiger partial charge >= 0.3 is 0 Å². The number of methoxy groups -OCH3 is 1. The second-order valence-corrected chi connectivity index (χ2v) is 5.09. The van der Waals surface area contributed by atoms with Gasteiger partial charge in [0.25, 0.3) is 0 Å². The highest BCUT2D eigenvalue weighted by molar-refractivity contribution is 5.92. The molecule has 0 unspecified atom stereocenters. The average Bonchev–Trinajstić information content (AvgIpc) is 2.55. The zero-order chi connectivity index (χ0) is 16.7. The van der Waals surface area contributed by atoms with Gasteiger partial charge in [-0.05, 0) is 36.8 Å². The maximum atomic E-state index is 12.0. The Hall–Kier alpha value is -3.00. The summed E-state index contributed by atoms with van der Waals surface area (Å²) in [6, 6.07) is 14.8. The standard InChI is InChI=1S/C18H19N3O2/c1-13-7-8-17(23-2)16(11-13)20-10-9-18(22)21-15-6-4-3-5-14(15)12-19/h3-8,11,20H,9-10H2,1-2H3,(H,21,22). The van der Waals surface area contributed by atoms with Gasteiger partial charge in [-0.1, -0.05) is 18.2 Å². The van der Waals surface area contributed by atoms with Crippen molar-refractivity contribution in [3.63, 3.8) is 0 Å². The first kappa shape index (κ1) is 16.4. The molecule has 1 amide bonds. The van der Waals surface area contributed by atoms with E-state index in [1.165, 1.54) is 0 Å². The van der Waals surface area contributed by atoms with Crippen LogP contribution in [0.1, 0.15) is 17.5 Å². The minimum Gasteiger partial charge on any atom is -0.495 e. The van der Waals surface area contributed by atoms with Crippen molar-refractivity contribution in [1.29, 1.82) is 5.26 Å². The molecule has 0 aliphatic carbocycles. The van der Waals surface area contributed by atoms with Crippen LogP contribution < -0.4 is 15.4 Å². The van der Waals surface area contributed by atoms with Crippen LogP contribution in [0.5, 0.6) is 5.75 Å². The lowest BCUT2D eigenvalue weighted by Gasteiger charge is -2.12. The van der Waals surface area contributed by atoms with Crippen LogP contribution in [-0.4, -0.2) is 19.6 Å². The third kappa shape index (κ3) is 4.48. The van der Waals surface area contributed by atoms with E-state index in [4.69, 9.17) is 10.00 Å². The fraction of sp³-hybridized carbons (Fsp3) is 0.222. The number of hydrogen-bond acceptors (Lipinski definition) is 4. The largest absolute Gasteiger partial charge is 0.495 e. The van der Waals surface area contributed by atoms with Crippen LogP contribution in [0.4, 0.5) is 11.4 Å². The Morgan fingerprint density at radius 3 is 2.74 bits per heavy atom. The van der Waals surface area contributed by atoms with Crippen LogP contribution in [0, 0.1) is 18.3 Å². The van der Waals surface area contributed by atoms with Gasteiger partial charge in [-0.15, -0.1) is 0 Å². The van der Waals surface area contributed by atoms with E-state index in [9.17, 15) is 4.79 Å². The second kappa shape index (κ2) is 7.85. The number of carbonyl (C=O) groups excluding carboxylic acids is 1. The van der Waals surface area contributed by atoms with E-state index in [1.807, 2.05) is 25.1 Å². The highest BCUT2D eigenvalue weighted by Crippen LogP contribution is 2.25. The van der Waals surface area contributed by atoms with Crippen molar-refractivity contribution in [2.24, 2.45) is 0 Å². The molecule has 23 heavy (non-hydrogen) atoms. The van der Waals surface area contributed by atoms with Crippen molar-refractivity contribution < 1.29 is 9.53 Å². The molecule has 2 aromatic carbocycles. The van der Waals surface area contributed by atoms with Crippen molar-refractivity contribution in [3.05, 3.63) is 53.6 Å². The number of hydrogen-bond donors (Lipinski definition) is 2. The smallest absolute Gasteiger partial charge is 0.226 e. The SMILES string of the molecule is COc1ccc(C)cc1NCCC(=O)Nc1ccccc1C#N. The number of ether oxygens (including phenoxy) is 1. The van der Waals surface area contributed by atoms with Gasteiger partial charge in [-0.3, -0.25) is 4.79 Å². The number of benzene rings is 2. The summed E-state index contributed by atoms with van der Waals surface area (Å²) in [5.41, 5.74) is 2.96. The minimum atomic E-state index is -0.146. The molecule has 0 fully saturated rings. The number of nitrogens with one attached hydrogen (secondary N) is 2. The molecule has 0 aliphatic rings. The summed E-state index contributed by atoms with van der Waals surface area (Å²) in [6.45, 7) is 2.47. The minimum absolute atomic E-state index is 0.146. The average molecular weight is 309 g/mol. The van der Waals surface area contributed by atoms with Crippen molar-refractivity contribution in [2.45, 2.75) is 13.3 Å². The van der Waals surface area contributed by atoms with Crippen LogP contribution in [0.3, 0.4) is 0 Å². The van der Waals surface area contributed by atoms with Crippen LogP contribution in [0.25, 0.3) is 0 Å². The van der Waals surface area contributed by atoms with Gasteiger partial charge in [-0.25, -0.2) is 0 Å². The predicted octanol–water partition coefficient (Wildman–Crippen LogP) is 3.32. The second-order valence-electron chi connectivity index (χ2n) is 5.09. The third-order valence-electron chi connectivity index (χ3n) is 3.34. The molecule has 2 aromatic rings. The van der Waals surface area contributed by atoms with Crippen molar-refractivity contribution in [1.82, 2.24) is 0 Å². The highest BCUT2D eigenvalue weighted by Gasteiger charge is 2.07. The molecular weight excluding hydrogens is 290 g/mol. The number of carbonyl (C=O) groups is 1. The highest BCUT2D eigenvalue weighted by atomic mass is 16.5. The number of amides is 1. The lowest BCUT2D eigenvalue weighted by atomic mass is 10.2. The van der Waals surface area contributed by atoms with E-state index in [0.717, 1.165) is 17.0 Å². The van der Waals surface area contributed by atoms with Crippen molar-refractivity contribution in [3.8, 4) is 11.8 Å². The third-order valence-corrected chi connectivity index (χ3v) is 3.34. The van der Waals surface area contributed by atoms with Gasteiger partial charge in [0.05, 0.1) is 24.0 Å². The first-order valence-corrected chi connectivity index (χ1v) is 7.31. The zero-order valence-corrected chi connectivity index (χ0v) is 13.2.